The Morgan fingerprint density at radius 1 is 1.53 bits per heavy atom. The number of nitrogens with zero attached hydrogens (tertiary/aromatic N) is 3. The number of carbonyl (C=O) groups excluding carboxylic acids is 1. The van der Waals surface area contributed by atoms with Crippen molar-refractivity contribution in [2.24, 2.45) is 5.92 Å². The molecule has 0 radical (unpaired) electrons. The lowest BCUT2D eigenvalue weighted by Gasteiger charge is -2.22. The van der Waals surface area contributed by atoms with Crippen LogP contribution >= 0.6 is 0 Å². The zero-order valence-electron chi connectivity index (χ0n) is 11.5. The summed E-state index contributed by atoms with van der Waals surface area (Å²) in [6.45, 7) is 5.36. The van der Waals surface area contributed by atoms with Crippen molar-refractivity contribution in [2.75, 3.05) is 20.3 Å². The number of ether oxygens (including phenoxy) is 2. The van der Waals surface area contributed by atoms with Gasteiger partial charge in [-0.3, -0.25) is 4.90 Å². The number of aromatic nitrogens is 2. The Bertz CT molecular complexity index is 432. The van der Waals surface area contributed by atoms with Gasteiger partial charge >= 0.3 is 6.09 Å². The SMILES string of the molecule is COCCc1noc(CN2C(=O)OCC2C(C)C)n1. The molecule has 1 amide bonds. The number of carbonyl (C=O) groups is 1. The molecule has 0 saturated carbocycles. The number of hydrogen-bond acceptors (Lipinski definition) is 6. The molecular formula is C12H19N3O4. The maximum atomic E-state index is 11.7. The van der Waals surface area contributed by atoms with Crippen LogP contribution in [0, 0.1) is 5.92 Å². The molecule has 1 saturated heterocycles. The van der Waals surface area contributed by atoms with Crippen LogP contribution in [0.25, 0.3) is 0 Å². The fourth-order valence-corrected chi connectivity index (χ4v) is 1.99. The van der Waals surface area contributed by atoms with E-state index in [1.54, 1.807) is 12.0 Å². The molecule has 1 aliphatic rings. The first kappa shape index (κ1) is 13.8. The van der Waals surface area contributed by atoms with Gasteiger partial charge < -0.3 is 14.0 Å². The van der Waals surface area contributed by atoms with E-state index in [1.807, 2.05) is 0 Å². The Hall–Kier alpha value is -1.63. The largest absolute Gasteiger partial charge is 0.447 e. The lowest BCUT2D eigenvalue weighted by molar-refractivity contribution is 0.149. The first-order valence-corrected chi connectivity index (χ1v) is 6.35. The summed E-state index contributed by atoms with van der Waals surface area (Å²) in [6.07, 6.45) is 0.272. The van der Waals surface area contributed by atoms with Gasteiger partial charge in [-0.1, -0.05) is 19.0 Å². The van der Waals surface area contributed by atoms with Crippen LogP contribution in [0.5, 0.6) is 0 Å². The van der Waals surface area contributed by atoms with E-state index in [0.717, 1.165) is 0 Å². The molecule has 0 aromatic carbocycles. The fraction of sp³-hybridized carbons (Fsp3) is 0.750. The summed E-state index contributed by atoms with van der Waals surface area (Å²) in [5.41, 5.74) is 0. The Morgan fingerprint density at radius 2 is 2.32 bits per heavy atom. The van der Waals surface area contributed by atoms with Crippen molar-refractivity contribution < 1.29 is 18.8 Å². The van der Waals surface area contributed by atoms with Gasteiger partial charge in [0.2, 0.25) is 5.89 Å². The van der Waals surface area contributed by atoms with Gasteiger partial charge in [0.1, 0.15) is 13.2 Å². The van der Waals surface area contributed by atoms with Crippen LogP contribution in [0.4, 0.5) is 4.79 Å². The monoisotopic (exact) mass is 269 g/mol. The number of rotatable bonds is 6. The zero-order chi connectivity index (χ0) is 13.8. The van der Waals surface area contributed by atoms with Crippen LogP contribution in [-0.4, -0.2) is 47.5 Å². The highest BCUT2D eigenvalue weighted by molar-refractivity contribution is 5.70. The predicted molar refractivity (Wildman–Crippen MR) is 65.4 cm³/mol. The lowest BCUT2D eigenvalue weighted by atomic mass is 10.0. The Morgan fingerprint density at radius 3 is 3.00 bits per heavy atom. The standard InChI is InChI=1S/C12H19N3O4/c1-8(2)9-7-18-12(16)15(9)6-11-13-10(14-19-11)4-5-17-3/h8-9H,4-7H2,1-3H3. The molecule has 1 atom stereocenters. The summed E-state index contributed by atoms with van der Waals surface area (Å²) in [5.74, 6) is 1.34. The minimum absolute atomic E-state index is 0.0572. The van der Waals surface area contributed by atoms with Crippen LogP contribution in [-0.2, 0) is 22.4 Å². The average molecular weight is 269 g/mol. The summed E-state index contributed by atoms with van der Waals surface area (Å²) in [4.78, 5) is 17.5. The van der Waals surface area contributed by atoms with Gasteiger partial charge in [0.15, 0.2) is 5.82 Å². The second-order valence-electron chi connectivity index (χ2n) is 4.86. The summed E-state index contributed by atoms with van der Waals surface area (Å²) >= 11 is 0. The fourth-order valence-electron chi connectivity index (χ4n) is 1.99. The Kier molecular flexibility index (Phi) is 4.36. The quantitative estimate of drug-likeness (QED) is 0.773. The van der Waals surface area contributed by atoms with Crippen molar-refractivity contribution in [2.45, 2.75) is 32.9 Å². The van der Waals surface area contributed by atoms with Crippen molar-refractivity contribution >= 4 is 6.09 Å². The second-order valence-corrected chi connectivity index (χ2v) is 4.86. The van der Waals surface area contributed by atoms with Crippen LogP contribution in [0.15, 0.2) is 4.52 Å². The third kappa shape index (κ3) is 3.23. The molecule has 0 N–H and O–H groups in total. The van der Waals surface area contributed by atoms with Crippen molar-refractivity contribution in [3.05, 3.63) is 11.7 Å². The summed E-state index contributed by atoms with van der Waals surface area (Å²) in [5, 5.41) is 3.85. The summed E-state index contributed by atoms with van der Waals surface area (Å²) < 4.78 is 15.1. The van der Waals surface area contributed by atoms with E-state index in [0.29, 0.717) is 43.8 Å². The third-order valence-corrected chi connectivity index (χ3v) is 3.13. The number of hydrogen-bond donors (Lipinski definition) is 0. The predicted octanol–water partition coefficient (Wildman–Crippen LogP) is 1.24. The molecule has 7 nitrogen and oxygen atoms in total. The first-order chi connectivity index (χ1) is 9.11. The molecule has 0 aliphatic carbocycles. The third-order valence-electron chi connectivity index (χ3n) is 3.13. The van der Waals surface area contributed by atoms with Crippen molar-refractivity contribution in [1.29, 1.82) is 0 Å². The second kappa shape index (κ2) is 6.01. The maximum Gasteiger partial charge on any atom is 0.410 e. The summed E-state index contributed by atoms with van der Waals surface area (Å²) in [7, 11) is 1.62. The van der Waals surface area contributed by atoms with Gasteiger partial charge in [-0.05, 0) is 5.92 Å². The van der Waals surface area contributed by atoms with E-state index in [9.17, 15) is 4.79 Å². The minimum Gasteiger partial charge on any atom is -0.447 e. The van der Waals surface area contributed by atoms with E-state index in [2.05, 4.69) is 24.0 Å². The highest BCUT2D eigenvalue weighted by Gasteiger charge is 2.35. The maximum absolute atomic E-state index is 11.7. The Balaban J connectivity index is 1.99. The highest BCUT2D eigenvalue weighted by Crippen LogP contribution is 2.21. The van der Waals surface area contributed by atoms with Crippen LogP contribution < -0.4 is 0 Å². The molecule has 1 aliphatic heterocycles. The van der Waals surface area contributed by atoms with E-state index in [1.165, 1.54) is 0 Å². The molecule has 2 heterocycles. The molecule has 1 aromatic heterocycles. The molecule has 7 heteroatoms. The van der Waals surface area contributed by atoms with Crippen molar-refractivity contribution in [1.82, 2.24) is 15.0 Å². The Labute approximate surface area is 111 Å². The van der Waals surface area contributed by atoms with E-state index in [-0.39, 0.29) is 12.1 Å². The van der Waals surface area contributed by atoms with Crippen LogP contribution in [0.1, 0.15) is 25.6 Å². The van der Waals surface area contributed by atoms with Gasteiger partial charge in [0.05, 0.1) is 12.6 Å². The molecule has 1 aromatic rings. The van der Waals surface area contributed by atoms with E-state index < -0.39 is 0 Å². The molecule has 1 fully saturated rings. The number of cyclic esters (lactones) is 1. The molecule has 2 rings (SSSR count). The molecule has 0 spiro atoms. The number of amides is 1. The van der Waals surface area contributed by atoms with Gasteiger partial charge in [0.25, 0.3) is 0 Å². The molecule has 0 bridgehead atoms. The van der Waals surface area contributed by atoms with Gasteiger partial charge in [-0.15, -0.1) is 0 Å². The molecule has 106 valence electrons. The zero-order valence-corrected chi connectivity index (χ0v) is 11.5. The molecule has 19 heavy (non-hydrogen) atoms. The highest BCUT2D eigenvalue weighted by atomic mass is 16.6. The van der Waals surface area contributed by atoms with Crippen molar-refractivity contribution in [3.8, 4) is 0 Å². The van der Waals surface area contributed by atoms with E-state index in [4.69, 9.17) is 14.0 Å². The first-order valence-electron chi connectivity index (χ1n) is 6.35. The molecule has 1 unspecified atom stereocenters. The van der Waals surface area contributed by atoms with Gasteiger partial charge in [0, 0.05) is 13.5 Å². The van der Waals surface area contributed by atoms with Crippen molar-refractivity contribution in [3.63, 3.8) is 0 Å². The summed E-state index contributed by atoms with van der Waals surface area (Å²) in [6, 6.07) is 0.0572. The molecular weight excluding hydrogens is 250 g/mol. The van der Waals surface area contributed by atoms with Gasteiger partial charge in [-0.25, -0.2) is 4.79 Å². The smallest absolute Gasteiger partial charge is 0.410 e. The number of methoxy groups -OCH3 is 1. The minimum atomic E-state index is -0.324. The van der Waals surface area contributed by atoms with Crippen LogP contribution in [0.3, 0.4) is 0 Å². The topological polar surface area (TPSA) is 77.7 Å². The van der Waals surface area contributed by atoms with E-state index >= 15 is 0 Å². The lowest BCUT2D eigenvalue weighted by Crippen LogP contribution is -2.36. The van der Waals surface area contributed by atoms with Crippen LogP contribution in [0.2, 0.25) is 0 Å². The van der Waals surface area contributed by atoms with Gasteiger partial charge in [-0.2, -0.15) is 4.98 Å². The average Bonchev–Trinajstić information content (AvgIpc) is 2.96. The normalized spacial score (nSPS) is 19.3.